The molecular weight excluding hydrogens is 271 g/mol. The van der Waals surface area contributed by atoms with E-state index in [9.17, 15) is 0 Å². The van der Waals surface area contributed by atoms with Gasteiger partial charge in [-0.2, -0.15) is 0 Å². The van der Waals surface area contributed by atoms with Crippen molar-refractivity contribution in [1.82, 2.24) is 0 Å². The van der Waals surface area contributed by atoms with E-state index in [1.807, 2.05) is 0 Å². The van der Waals surface area contributed by atoms with Crippen molar-refractivity contribution in [2.75, 3.05) is 6.16 Å². The summed E-state index contributed by atoms with van der Waals surface area (Å²) in [6.45, 7) is 9.01. The van der Waals surface area contributed by atoms with Crippen LogP contribution in [0.2, 0.25) is 0 Å². The molecule has 0 bridgehead atoms. The molecule has 1 heteroatoms. The highest BCUT2D eigenvalue weighted by Gasteiger charge is 2.04. The number of benzene rings is 1. The summed E-state index contributed by atoms with van der Waals surface area (Å²) in [6.07, 6.45) is 14.2. The van der Waals surface area contributed by atoms with Gasteiger partial charge in [-0.25, -0.2) is 0 Å². The van der Waals surface area contributed by atoms with Crippen LogP contribution >= 0.6 is 8.58 Å². The molecule has 1 rings (SSSR count). The standard InChI is InChI=1S/C20H34P/c1-5-6-7-8-9-10-11-12-13-14-21-20-18(3)15-17(2)16-19(20)4/h15-16H,5-14H2,1-4H3. The van der Waals surface area contributed by atoms with Crippen molar-refractivity contribution in [2.24, 2.45) is 0 Å². The molecule has 0 saturated carbocycles. The molecule has 0 heterocycles. The van der Waals surface area contributed by atoms with Crippen LogP contribution in [0.3, 0.4) is 0 Å². The first kappa shape index (κ1) is 18.7. The third-order valence-electron chi connectivity index (χ3n) is 4.17. The largest absolute Gasteiger partial charge is 0.0654 e. The molecule has 1 radical (unpaired) electrons. The molecule has 0 spiro atoms. The minimum atomic E-state index is 1.33. The zero-order valence-electron chi connectivity index (χ0n) is 14.7. The van der Waals surface area contributed by atoms with Gasteiger partial charge in [0.15, 0.2) is 0 Å². The van der Waals surface area contributed by atoms with Crippen molar-refractivity contribution < 1.29 is 0 Å². The highest BCUT2D eigenvalue weighted by molar-refractivity contribution is 7.47. The highest BCUT2D eigenvalue weighted by Crippen LogP contribution is 2.20. The van der Waals surface area contributed by atoms with Crippen molar-refractivity contribution in [3.8, 4) is 0 Å². The Morgan fingerprint density at radius 2 is 1.19 bits per heavy atom. The van der Waals surface area contributed by atoms with Crippen LogP contribution in [0.15, 0.2) is 12.1 Å². The second-order valence-corrected chi connectivity index (χ2v) is 7.67. The van der Waals surface area contributed by atoms with Gasteiger partial charge < -0.3 is 0 Å². The van der Waals surface area contributed by atoms with E-state index in [2.05, 4.69) is 39.8 Å². The van der Waals surface area contributed by atoms with E-state index in [-0.39, 0.29) is 0 Å². The Bertz CT molecular complexity index is 372. The molecule has 0 nitrogen and oxygen atoms in total. The minimum absolute atomic E-state index is 1.33. The van der Waals surface area contributed by atoms with E-state index >= 15 is 0 Å². The maximum Gasteiger partial charge on any atom is -0.0135 e. The molecule has 0 saturated heterocycles. The van der Waals surface area contributed by atoms with Crippen LogP contribution in [0.1, 0.15) is 81.4 Å². The molecule has 0 amide bonds. The Morgan fingerprint density at radius 1 is 0.714 bits per heavy atom. The molecule has 0 atom stereocenters. The number of aryl methyl sites for hydroxylation is 3. The molecule has 21 heavy (non-hydrogen) atoms. The van der Waals surface area contributed by atoms with Gasteiger partial charge in [0, 0.05) is 0 Å². The fraction of sp³-hybridized carbons (Fsp3) is 0.700. The molecule has 1 aromatic rings. The first-order chi connectivity index (χ1) is 10.1. The predicted octanol–water partition coefficient (Wildman–Crippen LogP) is 6.71. The Labute approximate surface area is 134 Å². The van der Waals surface area contributed by atoms with Gasteiger partial charge in [0.25, 0.3) is 0 Å². The van der Waals surface area contributed by atoms with Crippen LogP contribution in [0.4, 0.5) is 0 Å². The molecule has 0 aliphatic rings. The van der Waals surface area contributed by atoms with E-state index in [0.29, 0.717) is 0 Å². The van der Waals surface area contributed by atoms with Gasteiger partial charge in [0.1, 0.15) is 0 Å². The third kappa shape index (κ3) is 8.01. The number of hydrogen-bond acceptors (Lipinski definition) is 0. The average Bonchev–Trinajstić information content (AvgIpc) is 2.43. The lowest BCUT2D eigenvalue weighted by molar-refractivity contribution is 0.573. The summed E-state index contributed by atoms with van der Waals surface area (Å²) in [5.41, 5.74) is 4.35. The smallest absolute Gasteiger partial charge is 0.0135 e. The van der Waals surface area contributed by atoms with Crippen LogP contribution in [0.25, 0.3) is 0 Å². The maximum atomic E-state index is 2.33. The Kier molecular flexibility index (Phi) is 10.0. The fourth-order valence-electron chi connectivity index (χ4n) is 3.04. The van der Waals surface area contributed by atoms with E-state index in [1.54, 1.807) is 5.30 Å². The summed E-state index contributed by atoms with van der Waals surface area (Å²) in [6, 6.07) is 4.65. The second-order valence-electron chi connectivity index (χ2n) is 6.46. The molecule has 0 fully saturated rings. The summed E-state index contributed by atoms with van der Waals surface area (Å²) in [5, 5.41) is 1.57. The topological polar surface area (TPSA) is 0 Å². The zero-order chi connectivity index (χ0) is 15.5. The molecule has 0 unspecified atom stereocenters. The van der Waals surface area contributed by atoms with Gasteiger partial charge in [-0.1, -0.05) is 76.0 Å². The van der Waals surface area contributed by atoms with Crippen molar-refractivity contribution in [3.63, 3.8) is 0 Å². The lowest BCUT2D eigenvalue weighted by Gasteiger charge is -2.10. The van der Waals surface area contributed by atoms with Gasteiger partial charge >= 0.3 is 0 Å². The normalized spacial score (nSPS) is 11.6. The highest BCUT2D eigenvalue weighted by atomic mass is 31.1. The van der Waals surface area contributed by atoms with Crippen LogP contribution < -0.4 is 5.30 Å². The van der Waals surface area contributed by atoms with Crippen LogP contribution in [0.5, 0.6) is 0 Å². The lowest BCUT2D eigenvalue weighted by Crippen LogP contribution is -2.06. The molecular formula is C20H34P. The van der Waals surface area contributed by atoms with Crippen molar-refractivity contribution in [3.05, 3.63) is 28.8 Å². The fourth-order valence-corrected chi connectivity index (χ4v) is 4.27. The van der Waals surface area contributed by atoms with E-state index in [0.717, 1.165) is 0 Å². The third-order valence-corrected chi connectivity index (χ3v) is 5.73. The lowest BCUT2D eigenvalue weighted by atomic mass is 10.1. The molecule has 0 aromatic heterocycles. The Hall–Kier alpha value is -0.350. The van der Waals surface area contributed by atoms with Gasteiger partial charge in [0.05, 0.1) is 0 Å². The van der Waals surface area contributed by atoms with Gasteiger partial charge in [-0.15, -0.1) is 0 Å². The van der Waals surface area contributed by atoms with Crippen molar-refractivity contribution in [2.45, 2.75) is 85.5 Å². The quantitative estimate of drug-likeness (QED) is 0.314. The Morgan fingerprint density at radius 3 is 1.71 bits per heavy atom. The zero-order valence-corrected chi connectivity index (χ0v) is 15.6. The molecule has 0 aliphatic heterocycles. The first-order valence-electron chi connectivity index (χ1n) is 8.90. The SMILES string of the molecule is CCCCCCCCCCC[P]c1c(C)cc(C)cc1C. The van der Waals surface area contributed by atoms with Gasteiger partial charge in [0.2, 0.25) is 0 Å². The summed E-state index contributed by atoms with van der Waals surface area (Å²) in [5.74, 6) is 0. The second kappa shape index (κ2) is 11.2. The Balaban J connectivity index is 2.07. The maximum absolute atomic E-state index is 2.33. The molecule has 1 aromatic carbocycles. The van der Waals surface area contributed by atoms with E-state index in [4.69, 9.17) is 0 Å². The summed E-state index contributed by atoms with van der Waals surface area (Å²) in [4.78, 5) is 0. The number of hydrogen-bond donors (Lipinski definition) is 0. The average molecular weight is 305 g/mol. The summed E-state index contributed by atoms with van der Waals surface area (Å²) >= 11 is 0. The summed E-state index contributed by atoms with van der Waals surface area (Å²) < 4.78 is 0. The molecule has 0 aliphatic carbocycles. The van der Waals surface area contributed by atoms with Crippen LogP contribution in [0, 0.1) is 20.8 Å². The molecule has 119 valence electrons. The van der Waals surface area contributed by atoms with Crippen LogP contribution in [-0.2, 0) is 0 Å². The predicted molar refractivity (Wildman–Crippen MR) is 99.3 cm³/mol. The van der Waals surface area contributed by atoms with Gasteiger partial charge in [-0.05, 0) is 58.4 Å². The number of rotatable bonds is 11. The summed E-state index contributed by atoms with van der Waals surface area (Å²) in [7, 11) is 1.53. The minimum Gasteiger partial charge on any atom is -0.0654 e. The molecule has 0 N–H and O–H groups in total. The monoisotopic (exact) mass is 305 g/mol. The first-order valence-corrected chi connectivity index (χ1v) is 9.98. The van der Waals surface area contributed by atoms with Crippen molar-refractivity contribution in [1.29, 1.82) is 0 Å². The number of unbranched alkanes of at least 4 members (excludes halogenated alkanes) is 8. The van der Waals surface area contributed by atoms with E-state index < -0.39 is 0 Å². The van der Waals surface area contributed by atoms with Crippen LogP contribution in [-0.4, -0.2) is 6.16 Å². The van der Waals surface area contributed by atoms with Crippen molar-refractivity contribution >= 4 is 13.9 Å². The van der Waals surface area contributed by atoms with Gasteiger partial charge in [-0.3, -0.25) is 0 Å². The van der Waals surface area contributed by atoms with E-state index in [1.165, 1.54) is 89.2 Å².